The largest absolute Gasteiger partial charge is 0.486 e. The van der Waals surface area contributed by atoms with E-state index in [0.29, 0.717) is 0 Å². The highest BCUT2D eigenvalue weighted by Crippen LogP contribution is 2.46. The predicted octanol–water partition coefficient (Wildman–Crippen LogP) is 7.54. The van der Waals surface area contributed by atoms with E-state index in [1.54, 1.807) is 0 Å². The van der Waals surface area contributed by atoms with Crippen molar-refractivity contribution in [1.29, 1.82) is 0 Å². The Morgan fingerprint density at radius 1 is 0.694 bits per heavy atom. The third-order valence-corrected chi connectivity index (χ3v) is 7.55. The molecule has 3 rings (SSSR count). The SMILES string of the molecule is Cc1cc(C2(c3ccc(OCC(=O)C(C)(C)C)c(C)c3)CCCCC2)ccc1OCC(=O)C(C)(C)C. The summed E-state index contributed by atoms with van der Waals surface area (Å²) in [4.78, 5) is 24.7. The van der Waals surface area contributed by atoms with E-state index in [-0.39, 0.29) is 30.2 Å². The second kappa shape index (κ2) is 10.8. The number of aryl methyl sites for hydroxylation is 2. The number of Topliss-reactive ketones (excluding diaryl/α,β-unsaturated/α-hetero) is 2. The summed E-state index contributed by atoms with van der Waals surface area (Å²) in [5, 5.41) is 0. The first kappa shape index (κ1) is 28.0. The molecule has 0 bridgehead atoms. The van der Waals surface area contributed by atoms with Gasteiger partial charge in [0.1, 0.15) is 24.7 Å². The van der Waals surface area contributed by atoms with Crippen LogP contribution in [0, 0.1) is 24.7 Å². The molecule has 0 unspecified atom stereocenters. The molecule has 0 N–H and O–H groups in total. The smallest absolute Gasteiger partial charge is 0.175 e. The predicted molar refractivity (Wildman–Crippen MR) is 146 cm³/mol. The number of benzene rings is 2. The summed E-state index contributed by atoms with van der Waals surface area (Å²) in [7, 11) is 0. The monoisotopic (exact) mass is 492 g/mol. The van der Waals surface area contributed by atoms with Gasteiger partial charge < -0.3 is 9.47 Å². The molecule has 0 spiro atoms. The second-order valence-corrected chi connectivity index (χ2v) is 12.5. The molecule has 1 fully saturated rings. The van der Waals surface area contributed by atoms with Crippen LogP contribution in [0.2, 0.25) is 0 Å². The third-order valence-electron chi connectivity index (χ3n) is 7.55. The Balaban J connectivity index is 1.86. The fourth-order valence-corrected chi connectivity index (χ4v) is 4.84. The first-order chi connectivity index (χ1) is 16.7. The first-order valence-electron chi connectivity index (χ1n) is 13.3. The summed E-state index contributed by atoms with van der Waals surface area (Å²) in [6, 6.07) is 12.9. The highest BCUT2D eigenvalue weighted by molar-refractivity contribution is 5.85. The summed E-state index contributed by atoms with van der Waals surface area (Å²) in [5.41, 5.74) is 3.82. The van der Waals surface area contributed by atoms with Crippen molar-refractivity contribution in [2.45, 2.75) is 92.9 Å². The summed E-state index contributed by atoms with van der Waals surface area (Å²) in [6.07, 6.45) is 5.82. The van der Waals surface area contributed by atoms with E-state index < -0.39 is 10.8 Å². The van der Waals surface area contributed by atoms with Crippen molar-refractivity contribution in [2.75, 3.05) is 13.2 Å². The van der Waals surface area contributed by atoms with Crippen LogP contribution in [0.25, 0.3) is 0 Å². The topological polar surface area (TPSA) is 52.6 Å². The molecule has 0 radical (unpaired) electrons. The molecule has 4 nitrogen and oxygen atoms in total. The number of rotatable bonds is 8. The number of hydrogen-bond acceptors (Lipinski definition) is 4. The maximum absolute atomic E-state index is 12.3. The van der Waals surface area contributed by atoms with Crippen LogP contribution in [0.5, 0.6) is 11.5 Å². The average Bonchev–Trinajstić information content (AvgIpc) is 2.81. The van der Waals surface area contributed by atoms with Gasteiger partial charge in [-0.15, -0.1) is 0 Å². The van der Waals surface area contributed by atoms with Crippen LogP contribution in [-0.4, -0.2) is 24.8 Å². The molecule has 2 aromatic carbocycles. The lowest BCUT2D eigenvalue weighted by molar-refractivity contribution is -0.129. The van der Waals surface area contributed by atoms with E-state index in [2.05, 4.69) is 38.1 Å². The number of ketones is 2. The van der Waals surface area contributed by atoms with Gasteiger partial charge in [0, 0.05) is 16.2 Å². The molecule has 0 amide bonds. The molecule has 0 heterocycles. The molecule has 0 saturated heterocycles. The summed E-state index contributed by atoms with van der Waals surface area (Å²) in [6.45, 7) is 15.8. The van der Waals surface area contributed by atoms with Crippen LogP contribution in [0.3, 0.4) is 0 Å². The fraction of sp³-hybridized carbons (Fsp3) is 0.562. The van der Waals surface area contributed by atoms with Gasteiger partial charge in [0.05, 0.1) is 0 Å². The minimum absolute atomic E-state index is 0.0622. The van der Waals surface area contributed by atoms with E-state index in [1.807, 2.05) is 53.7 Å². The first-order valence-corrected chi connectivity index (χ1v) is 13.3. The summed E-state index contributed by atoms with van der Waals surface area (Å²) in [5.74, 6) is 1.73. The van der Waals surface area contributed by atoms with Crippen LogP contribution in [0.1, 0.15) is 95.9 Å². The average molecular weight is 493 g/mol. The number of carbonyl (C=O) groups excluding carboxylic acids is 2. The van der Waals surface area contributed by atoms with Crippen molar-refractivity contribution in [3.8, 4) is 11.5 Å². The molecular formula is C32H44O4. The van der Waals surface area contributed by atoms with Crippen molar-refractivity contribution >= 4 is 11.6 Å². The van der Waals surface area contributed by atoms with E-state index in [9.17, 15) is 9.59 Å². The van der Waals surface area contributed by atoms with Gasteiger partial charge in [0.25, 0.3) is 0 Å². The highest BCUT2D eigenvalue weighted by atomic mass is 16.5. The Morgan fingerprint density at radius 3 is 1.42 bits per heavy atom. The van der Waals surface area contributed by atoms with Crippen molar-refractivity contribution in [1.82, 2.24) is 0 Å². The van der Waals surface area contributed by atoms with Crippen molar-refractivity contribution in [3.63, 3.8) is 0 Å². The maximum Gasteiger partial charge on any atom is 0.175 e. The zero-order valence-electron chi connectivity index (χ0n) is 23.5. The molecule has 1 saturated carbocycles. The minimum Gasteiger partial charge on any atom is -0.486 e. The number of hydrogen-bond donors (Lipinski definition) is 0. The van der Waals surface area contributed by atoms with Crippen molar-refractivity contribution < 1.29 is 19.1 Å². The van der Waals surface area contributed by atoms with Crippen LogP contribution in [0.15, 0.2) is 36.4 Å². The van der Waals surface area contributed by atoms with Crippen molar-refractivity contribution in [3.05, 3.63) is 58.7 Å². The standard InChI is InChI=1S/C32H44O4/c1-22-18-24(12-14-26(22)35-20-28(33)30(3,4)5)32(16-10-9-11-17-32)25-13-15-27(23(2)19-25)36-21-29(34)31(6,7)8/h12-15,18-19H,9-11,16-17,20-21H2,1-8H3. The number of carbonyl (C=O) groups is 2. The zero-order valence-corrected chi connectivity index (χ0v) is 23.5. The Bertz CT molecular complexity index is 1010. The van der Waals surface area contributed by atoms with E-state index in [0.717, 1.165) is 35.5 Å². The lowest BCUT2D eigenvalue weighted by Gasteiger charge is -2.39. The minimum atomic E-state index is -0.409. The van der Waals surface area contributed by atoms with Gasteiger partial charge in [-0.25, -0.2) is 0 Å². The molecule has 36 heavy (non-hydrogen) atoms. The van der Waals surface area contributed by atoms with Crippen molar-refractivity contribution in [2.24, 2.45) is 10.8 Å². The molecule has 0 aliphatic heterocycles. The molecule has 1 aliphatic rings. The molecule has 0 atom stereocenters. The van der Waals surface area contributed by atoms with Crippen LogP contribution in [-0.2, 0) is 15.0 Å². The Hall–Kier alpha value is -2.62. The second-order valence-electron chi connectivity index (χ2n) is 12.5. The van der Waals surface area contributed by atoms with Gasteiger partial charge in [-0.05, 0) is 61.1 Å². The van der Waals surface area contributed by atoms with Crippen LogP contribution < -0.4 is 9.47 Å². The van der Waals surface area contributed by atoms with Gasteiger partial charge in [0.15, 0.2) is 11.6 Å². The van der Waals surface area contributed by atoms with E-state index >= 15 is 0 Å². The molecule has 2 aromatic rings. The Morgan fingerprint density at radius 2 is 1.08 bits per heavy atom. The Kier molecular flexibility index (Phi) is 8.37. The summed E-state index contributed by atoms with van der Waals surface area (Å²) < 4.78 is 11.8. The Labute approximate surface area is 217 Å². The van der Waals surface area contributed by atoms with Gasteiger partial charge in [-0.3, -0.25) is 9.59 Å². The molecule has 196 valence electrons. The zero-order chi connectivity index (χ0) is 26.7. The van der Waals surface area contributed by atoms with E-state index in [1.165, 1.54) is 30.4 Å². The van der Waals surface area contributed by atoms with Gasteiger partial charge in [0.2, 0.25) is 0 Å². The summed E-state index contributed by atoms with van der Waals surface area (Å²) >= 11 is 0. The fourth-order valence-electron chi connectivity index (χ4n) is 4.84. The lowest BCUT2D eigenvalue weighted by Crippen LogP contribution is -2.31. The van der Waals surface area contributed by atoms with Gasteiger partial charge in [-0.1, -0.05) is 85.1 Å². The lowest BCUT2D eigenvalue weighted by atomic mass is 9.65. The highest BCUT2D eigenvalue weighted by Gasteiger charge is 2.36. The molecule has 1 aliphatic carbocycles. The van der Waals surface area contributed by atoms with Gasteiger partial charge >= 0.3 is 0 Å². The molecule has 0 aromatic heterocycles. The number of ether oxygens (including phenoxy) is 2. The van der Waals surface area contributed by atoms with Gasteiger partial charge in [-0.2, -0.15) is 0 Å². The molecular weight excluding hydrogens is 448 g/mol. The maximum atomic E-state index is 12.3. The van der Waals surface area contributed by atoms with Crippen LogP contribution >= 0.6 is 0 Å². The normalized spacial score (nSPS) is 15.9. The quantitative estimate of drug-likeness (QED) is 0.382. The third kappa shape index (κ3) is 6.38. The van der Waals surface area contributed by atoms with E-state index in [4.69, 9.17) is 9.47 Å². The van der Waals surface area contributed by atoms with Crippen LogP contribution in [0.4, 0.5) is 0 Å². The molecule has 4 heteroatoms.